The summed E-state index contributed by atoms with van der Waals surface area (Å²) in [5.41, 5.74) is -0.811. The van der Waals surface area contributed by atoms with Crippen molar-refractivity contribution in [3.63, 3.8) is 0 Å². The average molecular weight is 555 g/mol. The molecule has 0 spiro atoms. The van der Waals surface area contributed by atoms with Gasteiger partial charge in [-0.15, -0.1) is 24.0 Å². The number of hydrogen-bond donors (Lipinski definition) is 3. The molecule has 2 unspecified atom stereocenters. The predicted octanol–water partition coefficient (Wildman–Crippen LogP) is 3.10. The molecule has 1 heterocycles. The lowest BCUT2D eigenvalue weighted by molar-refractivity contribution is -0.137. The third-order valence-corrected chi connectivity index (χ3v) is 5.24. The Bertz CT molecular complexity index is 741. The molecule has 2 atom stereocenters. The Morgan fingerprint density at radius 3 is 2.58 bits per heavy atom. The van der Waals surface area contributed by atoms with E-state index in [1.54, 1.807) is 7.05 Å². The van der Waals surface area contributed by atoms with Crippen molar-refractivity contribution in [2.24, 2.45) is 10.9 Å². The van der Waals surface area contributed by atoms with E-state index in [2.05, 4.69) is 25.9 Å². The number of aromatic nitrogens is 1. The number of nitrogens with one attached hydrogen (secondary N) is 3. The molecule has 2 saturated carbocycles. The van der Waals surface area contributed by atoms with Crippen LogP contribution in [-0.2, 0) is 11.0 Å². The first-order valence-corrected chi connectivity index (χ1v) is 10.3. The van der Waals surface area contributed by atoms with Crippen molar-refractivity contribution in [3.8, 4) is 5.88 Å². The van der Waals surface area contributed by atoms with Crippen molar-refractivity contribution < 1.29 is 22.7 Å². The maximum atomic E-state index is 12.5. The molecule has 1 aromatic rings. The second-order valence-electron chi connectivity index (χ2n) is 7.72. The van der Waals surface area contributed by atoms with Crippen LogP contribution in [0, 0.1) is 5.92 Å². The molecule has 2 aliphatic rings. The summed E-state index contributed by atoms with van der Waals surface area (Å²) in [6.45, 7) is 0.622. The summed E-state index contributed by atoms with van der Waals surface area (Å²) in [6, 6.07) is 2.68. The monoisotopic (exact) mass is 555 g/mol. The van der Waals surface area contributed by atoms with Crippen molar-refractivity contribution in [3.05, 3.63) is 23.9 Å². The summed E-state index contributed by atoms with van der Waals surface area (Å²) in [6.07, 6.45) is 2.15. The highest BCUT2D eigenvalue weighted by Gasteiger charge is 2.32. The Kier molecular flexibility index (Phi) is 9.63. The lowest BCUT2D eigenvalue weighted by Crippen LogP contribution is -2.47. The Labute approximate surface area is 197 Å². The van der Waals surface area contributed by atoms with E-state index in [0.29, 0.717) is 18.5 Å². The number of ether oxygens (including phenoxy) is 1. The van der Waals surface area contributed by atoms with Crippen LogP contribution in [0.1, 0.15) is 44.1 Å². The van der Waals surface area contributed by atoms with Crippen molar-refractivity contribution in [1.29, 1.82) is 0 Å². The summed E-state index contributed by atoms with van der Waals surface area (Å²) < 4.78 is 43.0. The van der Waals surface area contributed by atoms with Crippen molar-refractivity contribution in [2.45, 2.75) is 56.8 Å². The highest BCUT2D eigenvalue weighted by molar-refractivity contribution is 14.0. The van der Waals surface area contributed by atoms with E-state index in [4.69, 9.17) is 4.74 Å². The molecule has 0 saturated heterocycles. The zero-order chi connectivity index (χ0) is 21.6. The smallest absolute Gasteiger partial charge is 0.417 e. The maximum Gasteiger partial charge on any atom is 0.417 e. The summed E-state index contributed by atoms with van der Waals surface area (Å²) in [7, 11) is 1.66. The molecule has 0 aromatic carbocycles. The van der Waals surface area contributed by atoms with Crippen LogP contribution < -0.4 is 20.7 Å². The fourth-order valence-corrected chi connectivity index (χ4v) is 3.45. The zero-order valence-electron chi connectivity index (χ0n) is 17.4. The minimum atomic E-state index is -4.41. The second kappa shape index (κ2) is 11.7. The van der Waals surface area contributed by atoms with Crippen LogP contribution in [0.25, 0.3) is 0 Å². The van der Waals surface area contributed by atoms with Crippen LogP contribution in [0.3, 0.4) is 0 Å². The van der Waals surface area contributed by atoms with Crippen LogP contribution in [-0.4, -0.2) is 49.1 Å². The van der Waals surface area contributed by atoms with E-state index >= 15 is 0 Å². The van der Waals surface area contributed by atoms with Crippen LogP contribution in [0.2, 0.25) is 0 Å². The van der Waals surface area contributed by atoms with Gasteiger partial charge in [-0.3, -0.25) is 9.79 Å². The summed E-state index contributed by atoms with van der Waals surface area (Å²) >= 11 is 0. The van der Waals surface area contributed by atoms with Gasteiger partial charge in [0.25, 0.3) is 0 Å². The van der Waals surface area contributed by atoms with Crippen molar-refractivity contribution in [1.82, 2.24) is 20.9 Å². The first-order chi connectivity index (χ1) is 14.3. The molecular formula is C20H29F3IN5O2. The van der Waals surface area contributed by atoms with Crippen LogP contribution in [0.15, 0.2) is 23.3 Å². The Hall–Kier alpha value is -1.79. The van der Waals surface area contributed by atoms with Gasteiger partial charge in [-0.2, -0.15) is 13.2 Å². The van der Waals surface area contributed by atoms with Gasteiger partial charge in [0.05, 0.1) is 12.1 Å². The summed E-state index contributed by atoms with van der Waals surface area (Å²) in [4.78, 5) is 20.2. The lowest BCUT2D eigenvalue weighted by atomic mass is 9.85. The molecule has 174 valence electrons. The molecule has 0 bridgehead atoms. The number of nitrogens with zero attached hydrogens (tertiary/aromatic N) is 2. The van der Waals surface area contributed by atoms with Gasteiger partial charge in [-0.1, -0.05) is 6.42 Å². The minimum absolute atomic E-state index is 0. The van der Waals surface area contributed by atoms with E-state index in [1.807, 2.05) is 0 Å². The molecule has 0 aliphatic heterocycles. The van der Waals surface area contributed by atoms with Gasteiger partial charge in [0, 0.05) is 37.3 Å². The molecule has 3 N–H and O–H groups in total. The van der Waals surface area contributed by atoms with E-state index in [-0.39, 0.29) is 54.3 Å². The molecule has 0 radical (unpaired) electrons. The number of rotatable bonds is 7. The number of amides is 1. The summed E-state index contributed by atoms with van der Waals surface area (Å²) in [5, 5.41) is 9.54. The Morgan fingerprint density at radius 1 is 1.19 bits per heavy atom. The second-order valence-corrected chi connectivity index (χ2v) is 7.72. The number of pyridine rings is 1. The van der Waals surface area contributed by atoms with Gasteiger partial charge in [0.15, 0.2) is 5.96 Å². The molecular weight excluding hydrogens is 526 g/mol. The summed E-state index contributed by atoms with van der Waals surface area (Å²) in [5.74, 6) is 0.921. The number of carbonyl (C=O) groups is 1. The SMILES string of the molecule is CN=C(NCCOc1ccc(C(F)(F)F)cn1)NC1CCCC(C(=O)NC2CC2)C1.I. The van der Waals surface area contributed by atoms with Gasteiger partial charge in [-0.25, -0.2) is 4.98 Å². The Balaban J connectivity index is 0.00000341. The quantitative estimate of drug-likeness (QED) is 0.209. The first-order valence-electron chi connectivity index (χ1n) is 10.3. The zero-order valence-corrected chi connectivity index (χ0v) is 19.7. The largest absolute Gasteiger partial charge is 0.476 e. The lowest BCUT2D eigenvalue weighted by Gasteiger charge is -2.30. The third kappa shape index (κ3) is 8.34. The van der Waals surface area contributed by atoms with Gasteiger partial charge < -0.3 is 20.7 Å². The molecule has 1 aromatic heterocycles. The van der Waals surface area contributed by atoms with E-state index in [0.717, 1.165) is 50.8 Å². The number of alkyl halides is 3. The van der Waals surface area contributed by atoms with Gasteiger partial charge in [0.1, 0.15) is 6.61 Å². The maximum absolute atomic E-state index is 12.5. The number of hydrogen-bond acceptors (Lipinski definition) is 4. The van der Waals surface area contributed by atoms with Crippen molar-refractivity contribution >= 4 is 35.8 Å². The number of halogens is 4. The molecule has 7 nitrogen and oxygen atoms in total. The van der Waals surface area contributed by atoms with Crippen LogP contribution >= 0.6 is 24.0 Å². The average Bonchev–Trinajstić information content (AvgIpc) is 3.54. The predicted molar refractivity (Wildman–Crippen MR) is 122 cm³/mol. The standard InChI is InChI=1S/C20H28F3N5O2.HI/c1-24-19(25-9-10-30-17-8-5-14(12-26-17)20(21,22)23)28-16-4-2-3-13(11-16)18(29)27-15-6-7-15;/h5,8,12-13,15-16H,2-4,6-7,9-11H2,1H3,(H,27,29)(H2,24,25,28);1H. The fraction of sp³-hybridized carbons (Fsp3) is 0.650. The molecule has 2 fully saturated rings. The molecule has 11 heteroatoms. The van der Waals surface area contributed by atoms with Crippen molar-refractivity contribution in [2.75, 3.05) is 20.2 Å². The van der Waals surface area contributed by atoms with E-state index in [1.165, 1.54) is 6.07 Å². The molecule has 31 heavy (non-hydrogen) atoms. The molecule has 1 amide bonds. The number of guanidine groups is 1. The topological polar surface area (TPSA) is 87.6 Å². The normalized spacial score (nSPS) is 21.6. The fourth-order valence-electron chi connectivity index (χ4n) is 3.45. The number of aliphatic imine (C=N–C) groups is 1. The number of carbonyl (C=O) groups excluding carboxylic acids is 1. The van der Waals surface area contributed by atoms with Gasteiger partial charge in [0.2, 0.25) is 11.8 Å². The van der Waals surface area contributed by atoms with Gasteiger partial charge >= 0.3 is 6.18 Å². The highest BCUT2D eigenvalue weighted by Crippen LogP contribution is 2.29. The van der Waals surface area contributed by atoms with Crippen LogP contribution in [0.4, 0.5) is 13.2 Å². The molecule has 2 aliphatic carbocycles. The van der Waals surface area contributed by atoms with Gasteiger partial charge in [-0.05, 0) is 38.2 Å². The highest BCUT2D eigenvalue weighted by atomic mass is 127. The Morgan fingerprint density at radius 2 is 1.97 bits per heavy atom. The van der Waals surface area contributed by atoms with E-state index < -0.39 is 11.7 Å². The minimum Gasteiger partial charge on any atom is -0.476 e. The van der Waals surface area contributed by atoms with E-state index in [9.17, 15) is 18.0 Å². The first kappa shape index (κ1) is 25.5. The third-order valence-electron chi connectivity index (χ3n) is 5.24. The molecule has 3 rings (SSSR count). The van der Waals surface area contributed by atoms with Crippen LogP contribution in [0.5, 0.6) is 5.88 Å².